The highest BCUT2D eigenvalue weighted by Crippen LogP contribution is 2.32. The fourth-order valence-corrected chi connectivity index (χ4v) is 2.43. The van der Waals surface area contributed by atoms with Gasteiger partial charge in [-0.15, -0.1) is 12.4 Å². The molecule has 0 radical (unpaired) electrons. The monoisotopic (exact) mass is 305 g/mol. The van der Waals surface area contributed by atoms with E-state index in [1.165, 1.54) is 24.8 Å². The molecule has 1 aromatic carbocycles. The van der Waals surface area contributed by atoms with E-state index in [9.17, 15) is 0 Å². The van der Waals surface area contributed by atoms with Gasteiger partial charge in [0.05, 0.1) is 7.11 Å². The van der Waals surface area contributed by atoms with E-state index in [1.54, 1.807) is 7.11 Å². The molecule has 1 aliphatic heterocycles. The molecule has 1 aliphatic rings. The highest BCUT2D eigenvalue weighted by Gasteiger charge is 2.18. The summed E-state index contributed by atoms with van der Waals surface area (Å²) in [6.07, 6.45) is 3.80. The number of hydrogen-bond donors (Lipinski definition) is 1. The first-order valence-corrected chi connectivity index (χ1v) is 6.17. The average Bonchev–Trinajstić information content (AvgIpc) is 2.30. The minimum atomic E-state index is 0. The predicted molar refractivity (Wildman–Crippen MR) is 72.5 cm³/mol. The van der Waals surface area contributed by atoms with E-state index in [2.05, 4.69) is 33.4 Å². The molecule has 90 valence electrons. The van der Waals surface area contributed by atoms with Crippen molar-refractivity contribution in [2.75, 3.05) is 13.7 Å². The molecule has 0 spiro atoms. The summed E-state index contributed by atoms with van der Waals surface area (Å²) in [4.78, 5) is 0. The average molecular weight is 307 g/mol. The summed E-state index contributed by atoms with van der Waals surface area (Å²) in [5.74, 6) is 0.976. The molecule has 0 aromatic heterocycles. The molecule has 1 atom stereocenters. The lowest BCUT2D eigenvalue weighted by molar-refractivity contribution is 0.373. The predicted octanol–water partition coefficient (Wildman–Crippen LogP) is 3.69. The molecule has 0 unspecified atom stereocenters. The molecule has 1 heterocycles. The Bertz CT molecular complexity index is 340. The van der Waals surface area contributed by atoms with Crippen LogP contribution in [0.15, 0.2) is 22.7 Å². The molecule has 1 saturated heterocycles. The molecule has 4 heteroatoms. The van der Waals surface area contributed by atoms with E-state index in [-0.39, 0.29) is 12.4 Å². The number of nitrogens with one attached hydrogen (secondary N) is 1. The van der Waals surface area contributed by atoms with Gasteiger partial charge in [0.2, 0.25) is 0 Å². The highest BCUT2D eigenvalue weighted by molar-refractivity contribution is 9.10. The van der Waals surface area contributed by atoms with Crippen LogP contribution in [-0.4, -0.2) is 13.7 Å². The zero-order chi connectivity index (χ0) is 10.7. The maximum absolute atomic E-state index is 5.41. The fourth-order valence-electron chi connectivity index (χ4n) is 2.09. The van der Waals surface area contributed by atoms with Crippen molar-refractivity contribution < 1.29 is 4.74 Å². The Morgan fingerprint density at radius 2 is 2.19 bits per heavy atom. The van der Waals surface area contributed by atoms with Gasteiger partial charge in [-0.05, 0) is 31.5 Å². The Hall–Kier alpha value is -0.250. The third kappa shape index (κ3) is 3.12. The van der Waals surface area contributed by atoms with E-state index in [0.29, 0.717) is 6.04 Å². The molecule has 1 fully saturated rings. The second-order valence-corrected chi connectivity index (χ2v) is 4.80. The summed E-state index contributed by atoms with van der Waals surface area (Å²) >= 11 is 3.46. The van der Waals surface area contributed by atoms with Crippen molar-refractivity contribution in [3.8, 4) is 5.75 Å². The Morgan fingerprint density at radius 1 is 1.38 bits per heavy atom. The van der Waals surface area contributed by atoms with Crippen LogP contribution in [-0.2, 0) is 0 Å². The standard InChI is InChI=1S/C12H16BrNO.ClH/c1-15-12-8-9(13)5-6-10(12)11-4-2-3-7-14-11;/h5-6,8,11,14H,2-4,7H2,1H3;1H/t11-;/m0./s1. The Balaban J connectivity index is 0.00000128. The summed E-state index contributed by atoms with van der Waals surface area (Å²) in [6, 6.07) is 6.72. The maximum atomic E-state index is 5.41. The Morgan fingerprint density at radius 3 is 2.81 bits per heavy atom. The van der Waals surface area contributed by atoms with Gasteiger partial charge >= 0.3 is 0 Å². The van der Waals surface area contributed by atoms with Crippen LogP contribution in [0.25, 0.3) is 0 Å². The van der Waals surface area contributed by atoms with Crippen molar-refractivity contribution in [2.24, 2.45) is 0 Å². The zero-order valence-electron chi connectivity index (χ0n) is 9.33. The van der Waals surface area contributed by atoms with Crippen LogP contribution in [0.5, 0.6) is 5.75 Å². The fraction of sp³-hybridized carbons (Fsp3) is 0.500. The number of methoxy groups -OCH3 is 1. The van der Waals surface area contributed by atoms with Crippen LogP contribution < -0.4 is 10.1 Å². The van der Waals surface area contributed by atoms with Crippen LogP contribution in [0.2, 0.25) is 0 Å². The van der Waals surface area contributed by atoms with Gasteiger partial charge in [-0.2, -0.15) is 0 Å². The quantitative estimate of drug-likeness (QED) is 0.899. The molecule has 0 aliphatic carbocycles. The largest absolute Gasteiger partial charge is 0.496 e. The second-order valence-electron chi connectivity index (χ2n) is 3.89. The molecular weight excluding hydrogens is 289 g/mol. The van der Waals surface area contributed by atoms with Gasteiger partial charge in [-0.1, -0.05) is 28.4 Å². The number of halogens is 2. The maximum Gasteiger partial charge on any atom is 0.124 e. The van der Waals surface area contributed by atoms with Gasteiger partial charge in [0, 0.05) is 16.1 Å². The van der Waals surface area contributed by atoms with Gasteiger partial charge < -0.3 is 10.1 Å². The van der Waals surface area contributed by atoms with Crippen molar-refractivity contribution in [1.29, 1.82) is 0 Å². The first-order chi connectivity index (χ1) is 7.31. The molecule has 1 aromatic rings. The van der Waals surface area contributed by atoms with E-state index in [4.69, 9.17) is 4.74 Å². The van der Waals surface area contributed by atoms with Crippen LogP contribution in [0.1, 0.15) is 30.9 Å². The zero-order valence-corrected chi connectivity index (χ0v) is 11.7. The first kappa shape index (κ1) is 13.8. The molecule has 0 amide bonds. The summed E-state index contributed by atoms with van der Waals surface area (Å²) in [7, 11) is 1.73. The normalized spacial score (nSPS) is 20.0. The van der Waals surface area contributed by atoms with Gasteiger partial charge in [-0.3, -0.25) is 0 Å². The van der Waals surface area contributed by atoms with Crippen molar-refractivity contribution >= 4 is 28.3 Å². The van der Waals surface area contributed by atoms with Crippen molar-refractivity contribution in [1.82, 2.24) is 5.32 Å². The van der Waals surface area contributed by atoms with Crippen LogP contribution in [0, 0.1) is 0 Å². The Kier molecular flexibility index (Phi) is 5.59. The van der Waals surface area contributed by atoms with Crippen molar-refractivity contribution in [3.05, 3.63) is 28.2 Å². The summed E-state index contributed by atoms with van der Waals surface area (Å²) in [5, 5.41) is 3.53. The Labute approximate surface area is 111 Å². The highest BCUT2D eigenvalue weighted by atomic mass is 79.9. The van der Waals surface area contributed by atoms with Gasteiger partial charge in [-0.25, -0.2) is 0 Å². The van der Waals surface area contributed by atoms with Gasteiger partial charge in [0.25, 0.3) is 0 Å². The van der Waals surface area contributed by atoms with Gasteiger partial charge in [0.15, 0.2) is 0 Å². The topological polar surface area (TPSA) is 21.3 Å². The summed E-state index contributed by atoms with van der Waals surface area (Å²) in [6.45, 7) is 1.11. The third-order valence-corrected chi connectivity index (χ3v) is 3.37. The third-order valence-electron chi connectivity index (χ3n) is 2.88. The SMILES string of the molecule is COc1cc(Br)ccc1[C@@H]1CCCCN1.Cl. The van der Waals surface area contributed by atoms with Crippen LogP contribution in [0.4, 0.5) is 0 Å². The van der Waals surface area contributed by atoms with Crippen molar-refractivity contribution in [2.45, 2.75) is 25.3 Å². The lowest BCUT2D eigenvalue weighted by atomic mass is 9.97. The molecule has 0 bridgehead atoms. The number of rotatable bonds is 2. The summed E-state index contributed by atoms with van der Waals surface area (Å²) in [5.41, 5.74) is 1.28. The molecular formula is C12H17BrClNO. The summed E-state index contributed by atoms with van der Waals surface area (Å²) < 4.78 is 6.48. The van der Waals surface area contributed by atoms with E-state index >= 15 is 0 Å². The minimum Gasteiger partial charge on any atom is -0.496 e. The number of hydrogen-bond acceptors (Lipinski definition) is 2. The van der Waals surface area contributed by atoms with Crippen molar-refractivity contribution in [3.63, 3.8) is 0 Å². The molecule has 2 nitrogen and oxygen atoms in total. The van der Waals surface area contributed by atoms with Crippen LogP contribution >= 0.6 is 28.3 Å². The van der Waals surface area contributed by atoms with Gasteiger partial charge in [0.1, 0.15) is 5.75 Å². The lowest BCUT2D eigenvalue weighted by Crippen LogP contribution is -2.27. The van der Waals surface area contributed by atoms with E-state index in [1.807, 2.05) is 6.07 Å². The molecule has 1 N–H and O–H groups in total. The number of benzene rings is 1. The van der Waals surface area contributed by atoms with E-state index < -0.39 is 0 Å². The van der Waals surface area contributed by atoms with Crippen LogP contribution in [0.3, 0.4) is 0 Å². The molecule has 2 rings (SSSR count). The molecule has 16 heavy (non-hydrogen) atoms. The first-order valence-electron chi connectivity index (χ1n) is 5.38. The van der Waals surface area contributed by atoms with E-state index in [0.717, 1.165) is 16.8 Å². The lowest BCUT2D eigenvalue weighted by Gasteiger charge is -2.25. The number of ether oxygens (including phenoxy) is 1. The number of piperidine rings is 1. The molecule has 0 saturated carbocycles. The minimum absolute atomic E-state index is 0. The smallest absolute Gasteiger partial charge is 0.124 e. The second kappa shape index (κ2) is 6.48.